The van der Waals surface area contributed by atoms with Crippen LogP contribution in [0.5, 0.6) is 11.5 Å². The van der Waals surface area contributed by atoms with Gasteiger partial charge in [0.1, 0.15) is 17.1 Å². The Bertz CT molecular complexity index is 1300. The van der Waals surface area contributed by atoms with Gasteiger partial charge in [0.2, 0.25) is 0 Å². The summed E-state index contributed by atoms with van der Waals surface area (Å²) in [6, 6.07) is 21.0. The summed E-state index contributed by atoms with van der Waals surface area (Å²) in [5.41, 5.74) is 1.24. The number of nitrogens with zero attached hydrogens (tertiary/aromatic N) is 1. The molecule has 0 unspecified atom stereocenters. The highest BCUT2D eigenvalue weighted by Gasteiger charge is 2.36. The SMILES string of the molecule is COc1ccccc1NC(=O)COc1ccc(/C=C2/C(=O)NC(=O)N(c3ccccc3)C2=O)cc1. The van der Waals surface area contributed by atoms with E-state index in [2.05, 4.69) is 10.6 Å². The molecule has 0 radical (unpaired) electrons. The second kappa shape index (κ2) is 10.3. The molecule has 0 spiro atoms. The zero-order chi connectivity index (χ0) is 24.8. The zero-order valence-electron chi connectivity index (χ0n) is 18.7. The van der Waals surface area contributed by atoms with Crippen LogP contribution in [0.15, 0.2) is 84.4 Å². The first-order valence-electron chi connectivity index (χ1n) is 10.6. The van der Waals surface area contributed by atoms with E-state index in [-0.39, 0.29) is 18.1 Å². The van der Waals surface area contributed by atoms with Crippen molar-refractivity contribution in [3.05, 3.63) is 90.0 Å². The molecular weight excluding hydrogens is 450 g/mol. The molecule has 0 bridgehead atoms. The zero-order valence-corrected chi connectivity index (χ0v) is 18.7. The van der Waals surface area contributed by atoms with Gasteiger partial charge in [-0.1, -0.05) is 42.5 Å². The van der Waals surface area contributed by atoms with E-state index in [9.17, 15) is 19.2 Å². The van der Waals surface area contributed by atoms with Gasteiger partial charge in [-0.05, 0) is 48.0 Å². The highest BCUT2D eigenvalue weighted by molar-refractivity contribution is 6.39. The van der Waals surface area contributed by atoms with Crippen molar-refractivity contribution < 1.29 is 28.7 Å². The van der Waals surface area contributed by atoms with E-state index in [0.29, 0.717) is 28.4 Å². The highest BCUT2D eigenvalue weighted by Crippen LogP contribution is 2.24. The molecular formula is C26H21N3O6. The van der Waals surface area contributed by atoms with Gasteiger partial charge in [-0.15, -0.1) is 0 Å². The minimum absolute atomic E-state index is 0.182. The van der Waals surface area contributed by atoms with Gasteiger partial charge in [0.15, 0.2) is 6.61 Å². The number of carbonyl (C=O) groups is 4. The number of rotatable bonds is 7. The van der Waals surface area contributed by atoms with Crippen LogP contribution in [0, 0.1) is 0 Å². The predicted molar refractivity (Wildman–Crippen MR) is 129 cm³/mol. The van der Waals surface area contributed by atoms with Gasteiger partial charge in [0.25, 0.3) is 17.7 Å². The fourth-order valence-corrected chi connectivity index (χ4v) is 3.38. The van der Waals surface area contributed by atoms with Gasteiger partial charge in [0.05, 0.1) is 18.5 Å². The average molecular weight is 471 g/mol. The number of nitrogens with one attached hydrogen (secondary N) is 2. The number of barbiturate groups is 1. The number of imide groups is 2. The maximum atomic E-state index is 12.9. The summed E-state index contributed by atoms with van der Waals surface area (Å²) in [5, 5.41) is 4.90. The second-order valence-electron chi connectivity index (χ2n) is 7.40. The molecule has 3 aromatic rings. The maximum Gasteiger partial charge on any atom is 0.335 e. The summed E-state index contributed by atoms with van der Waals surface area (Å²) in [7, 11) is 1.51. The van der Waals surface area contributed by atoms with E-state index >= 15 is 0 Å². The van der Waals surface area contributed by atoms with Gasteiger partial charge in [-0.3, -0.25) is 19.7 Å². The molecule has 4 rings (SSSR count). The number of amides is 5. The Morgan fingerprint density at radius 3 is 2.34 bits per heavy atom. The largest absolute Gasteiger partial charge is 0.495 e. The van der Waals surface area contributed by atoms with Crippen LogP contribution in [0.2, 0.25) is 0 Å². The third kappa shape index (κ3) is 5.36. The third-order valence-corrected chi connectivity index (χ3v) is 5.06. The monoisotopic (exact) mass is 471 g/mol. The lowest BCUT2D eigenvalue weighted by Gasteiger charge is -2.26. The number of hydrogen-bond acceptors (Lipinski definition) is 6. The van der Waals surface area contributed by atoms with Crippen LogP contribution in [0.3, 0.4) is 0 Å². The Hall–Kier alpha value is -4.92. The minimum Gasteiger partial charge on any atom is -0.495 e. The number of anilines is 2. The summed E-state index contributed by atoms with van der Waals surface area (Å²) in [6.07, 6.45) is 1.39. The summed E-state index contributed by atoms with van der Waals surface area (Å²) in [5.74, 6) is -0.912. The van der Waals surface area contributed by atoms with Crippen molar-refractivity contribution in [3.63, 3.8) is 0 Å². The first kappa shape index (κ1) is 23.2. The molecule has 5 amide bonds. The molecule has 3 aromatic carbocycles. The molecule has 1 aliphatic heterocycles. The quantitative estimate of drug-likeness (QED) is 0.403. The molecule has 9 nitrogen and oxygen atoms in total. The van der Waals surface area contributed by atoms with E-state index in [1.54, 1.807) is 78.9 Å². The minimum atomic E-state index is -0.807. The number of benzene rings is 3. The summed E-state index contributed by atoms with van der Waals surface area (Å²) >= 11 is 0. The van der Waals surface area contributed by atoms with Crippen molar-refractivity contribution >= 4 is 41.2 Å². The van der Waals surface area contributed by atoms with Crippen molar-refractivity contribution in [3.8, 4) is 11.5 Å². The molecule has 1 saturated heterocycles. The smallest absolute Gasteiger partial charge is 0.335 e. The van der Waals surface area contributed by atoms with Crippen molar-refractivity contribution in [1.82, 2.24) is 5.32 Å². The molecule has 0 aromatic heterocycles. The van der Waals surface area contributed by atoms with Crippen LogP contribution >= 0.6 is 0 Å². The number of carbonyl (C=O) groups excluding carboxylic acids is 4. The molecule has 0 aliphatic carbocycles. The average Bonchev–Trinajstić information content (AvgIpc) is 2.87. The van der Waals surface area contributed by atoms with Crippen LogP contribution in [0.4, 0.5) is 16.2 Å². The Morgan fingerprint density at radius 2 is 1.63 bits per heavy atom. The Morgan fingerprint density at radius 1 is 0.943 bits per heavy atom. The van der Waals surface area contributed by atoms with Crippen LogP contribution in [0.25, 0.3) is 6.08 Å². The number of hydrogen-bond donors (Lipinski definition) is 2. The molecule has 1 aliphatic rings. The van der Waals surface area contributed by atoms with Gasteiger partial charge in [-0.25, -0.2) is 9.69 Å². The molecule has 2 N–H and O–H groups in total. The molecule has 0 atom stereocenters. The number of para-hydroxylation sites is 3. The Balaban J connectivity index is 1.42. The molecule has 1 fully saturated rings. The fourth-order valence-electron chi connectivity index (χ4n) is 3.38. The van der Waals surface area contributed by atoms with Crippen LogP contribution in [-0.4, -0.2) is 37.5 Å². The second-order valence-corrected chi connectivity index (χ2v) is 7.40. The lowest BCUT2D eigenvalue weighted by atomic mass is 10.1. The molecule has 35 heavy (non-hydrogen) atoms. The van der Waals surface area contributed by atoms with Gasteiger partial charge in [-0.2, -0.15) is 0 Å². The number of methoxy groups -OCH3 is 1. The van der Waals surface area contributed by atoms with Crippen LogP contribution in [-0.2, 0) is 14.4 Å². The van der Waals surface area contributed by atoms with E-state index in [1.807, 2.05) is 0 Å². The topological polar surface area (TPSA) is 114 Å². The summed E-state index contributed by atoms with van der Waals surface area (Å²) < 4.78 is 10.7. The van der Waals surface area contributed by atoms with E-state index in [1.165, 1.54) is 13.2 Å². The van der Waals surface area contributed by atoms with Crippen molar-refractivity contribution in [2.75, 3.05) is 23.9 Å². The fraction of sp³-hybridized carbons (Fsp3) is 0.0769. The van der Waals surface area contributed by atoms with Gasteiger partial charge < -0.3 is 14.8 Å². The first-order chi connectivity index (χ1) is 17.0. The van der Waals surface area contributed by atoms with Crippen LogP contribution in [0.1, 0.15) is 5.56 Å². The van der Waals surface area contributed by atoms with Crippen molar-refractivity contribution in [1.29, 1.82) is 0 Å². The summed E-state index contributed by atoms with van der Waals surface area (Å²) in [4.78, 5) is 50.5. The predicted octanol–water partition coefficient (Wildman–Crippen LogP) is 3.38. The maximum absolute atomic E-state index is 12.9. The summed E-state index contributed by atoms with van der Waals surface area (Å²) in [6.45, 7) is -0.229. The van der Waals surface area contributed by atoms with Gasteiger partial charge >= 0.3 is 6.03 Å². The van der Waals surface area contributed by atoms with E-state index < -0.39 is 17.8 Å². The number of urea groups is 1. The van der Waals surface area contributed by atoms with E-state index in [4.69, 9.17) is 9.47 Å². The lowest BCUT2D eigenvalue weighted by molar-refractivity contribution is -0.122. The standard InChI is InChI=1S/C26H21N3O6/c1-34-22-10-6-5-9-21(22)27-23(30)16-35-19-13-11-17(12-14-19)15-20-24(31)28-26(33)29(25(20)32)18-7-3-2-4-8-18/h2-15H,16H2,1H3,(H,27,30)(H,28,31,33)/b20-15-. The van der Waals surface area contributed by atoms with E-state index in [0.717, 1.165) is 4.90 Å². The van der Waals surface area contributed by atoms with Crippen LogP contribution < -0.4 is 25.0 Å². The highest BCUT2D eigenvalue weighted by atomic mass is 16.5. The molecule has 1 heterocycles. The first-order valence-corrected chi connectivity index (χ1v) is 10.6. The normalized spacial score (nSPS) is 14.5. The lowest BCUT2D eigenvalue weighted by Crippen LogP contribution is -2.54. The molecule has 9 heteroatoms. The Kier molecular flexibility index (Phi) is 6.87. The molecule has 176 valence electrons. The van der Waals surface area contributed by atoms with Crippen molar-refractivity contribution in [2.24, 2.45) is 0 Å². The number of ether oxygens (including phenoxy) is 2. The Labute approximate surface area is 201 Å². The molecule has 0 saturated carbocycles. The van der Waals surface area contributed by atoms with Crippen molar-refractivity contribution in [2.45, 2.75) is 0 Å². The van der Waals surface area contributed by atoms with Gasteiger partial charge in [0, 0.05) is 0 Å². The third-order valence-electron chi connectivity index (χ3n) is 5.06.